The van der Waals surface area contributed by atoms with Crippen molar-refractivity contribution in [3.05, 3.63) is 58.1 Å². The summed E-state index contributed by atoms with van der Waals surface area (Å²) < 4.78 is 11.5. The van der Waals surface area contributed by atoms with Crippen LogP contribution in [0.4, 0.5) is 0 Å². The van der Waals surface area contributed by atoms with Crippen LogP contribution >= 0.6 is 15.9 Å². The fourth-order valence-corrected chi connectivity index (χ4v) is 2.61. The molecule has 27 heavy (non-hydrogen) atoms. The first-order valence-corrected chi connectivity index (χ1v) is 8.80. The van der Waals surface area contributed by atoms with Crippen LogP contribution in [0.2, 0.25) is 0 Å². The van der Waals surface area contributed by atoms with E-state index < -0.39 is 0 Å². The molecule has 2 amide bonds. The Morgan fingerprint density at radius 2 is 1.93 bits per heavy atom. The number of carbonyl (C=O) groups excluding carboxylic acids is 2. The van der Waals surface area contributed by atoms with E-state index in [2.05, 4.69) is 26.5 Å². The lowest BCUT2D eigenvalue weighted by atomic mass is 10.2. The third kappa shape index (κ3) is 5.82. The number of methoxy groups -OCH3 is 1. The Labute approximate surface area is 166 Å². The standard InChI is InChI=1S/C19H20BrN3O4/c1-23(2)17(24)12-27-18-15(20)9-13(10-16(18)26-3)11-21-22-19(25)14-7-5-4-6-8-14/h4-11H,12H2,1-3H3,(H,22,25)/b21-11+. The molecular formula is C19H20BrN3O4. The van der Waals surface area contributed by atoms with Gasteiger partial charge in [0.2, 0.25) is 0 Å². The molecule has 7 nitrogen and oxygen atoms in total. The van der Waals surface area contributed by atoms with Gasteiger partial charge in [-0.3, -0.25) is 9.59 Å². The third-order valence-corrected chi connectivity index (χ3v) is 4.10. The summed E-state index contributed by atoms with van der Waals surface area (Å²) in [5.41, 5.74) is 3.66. The summed E-state index contributed by atoms with van der Waals surface area (Å²) in [6.45, 7) is -0.109. The number of hydrazone groups is 1. The molecular weight excluding hydrogens is 414 g/mol. The first-order chi connectivity index (χ1) is 12.9. The van der Waals surface area contributed by atoms with Crippen LogP contribution in [0.15, 0.2) is 52.0 Å². The molecule has 2 rings (SSSR count). The van der Waals surface area contributed by atoms with Gasteiger partial charge < -0.3 is 14.4 Å². The molecule has 1 N–H and O–H groups in total. The molecule has 0 aromatic heterocycles. The third-order valence-electron chi connectivity index (χ3n) is 3.51. The molecule has 0 heterocycles. The van der Waals surface area contributed by atoms with Gasteiger partial charge in [0.05, 0.1) is 17.8 Å². The minimum Gasteiger partial charge on any atom is -0.493 e. The zero-order valence-corrected chi connectivity index (χ0v) is 16.8. The van der Waals surface area contributed by atoms with Crippen molar-refractivity contribution >= 4 is 34.0 Å². The van der Waals surface area contributed by atoms with Gasteiger partial charge >= 0.3 is 0 Å². The molecule has 8 heteroatoms. The Hall–Kier alpha value is -2.87. The summed E-state index contributed by atoms with van der Waals surface area (Å²) in [4.78, 5) is 25.1. The highest BCUT2D eigenvalue weighted by Crippen LogP contribution is 2.36. The second kappa shape index (κ2) is 9.72. The monoisotopic (exact) mass is 433 g/mol. The SMILES string of the molecule is COc1cc(/C=N/NC(=O)c2ccccc2)cc(Br)c1OCC(=O)N(C)C. The topological polar surface area (TPSA) is 80.2 Å². The van der Waals surface area contributed by atoms with Crippen LogP contribution in [0.1, 0.15) is 15.9 Å². The highest BCUT2D eigenvalue weighted by molar-refractivity contribution is 9.10. The normalized spacial score (nSPS) is 10.5. The number of benzene rings is 2. The maximum atomic E-state index is 12.0. The molecule has 142 valence electrons. The number of carbonyl (C=O) groups is 2. The average molecular weight is 434 g/mol. The maximum Gasteiger partial charge on any atom is 0.271 e. The molecule has 0 unspecified atom stereocenters. The molecule has 0 fully saturated rings. The number of hydrogen-bond acceptors (Lipinski definition) is 5. The van der Waals surface area contributed by atoms with E-state index in [0.717, 1.165) is 0 Å². The molecule has 0 saturated heterocycles. The van der Waals surface area contributed by atoms with Crippen LogP contribution < -0.4 is 14.9 Å². The second-order valence-electron chi connectivity index (χ2n) is 5.68. The number of nitrogens with zero attached hydrogens (tertiary/aromatic N) is 2. The van der Waals surface area contributed by atoms with Crippen molar-refractivity contribution in [3.63, 3.8) is 0 Å². The summed E-state index contributed by atoms with van der Waals surface area (Å²) in [6.07, 6.45) is 1.49. The highest BCUT2D eigenvalue weighted by Gasteiger charge is 2.14. The Morgan fingerprint density at radius 1 is 1.22 bits per heavy atom. The van der Waals surface area contributed by atoms with Crippen LogP contribution in [0, 0.1) is 0 Å². The van der Waals surface area contributed by atoms with Crippen LogP contribution in [0.3, 0.4) is 0 Å². The molecule has 0 atom stereocenters. The van der Waals surface area contributed by atoms with E-state index in [4.69, 9.17) is 9.47 Å². The largest absolute Gasteiger partial charge is 0.493 e. The van der Waals surface area contributed by atoms with Gasteiger partial charge in [-0.2, -0.15) is 5.10 Å². The van der Waals surface area contributed by atoms with Crippen molar-refractivity contribution < 1.29 is 19.1 Å². The number of ether oxygens (including phenoxy) is 2. The van der Waals surface area contributed by atoms with E-state index in [0.29, 0.717) is 27.1 Å². The zero-order valence-electron chi connectivity index (χ0n) is 15.2. The van der Waals surface area contributed by atoms with E-state index in [9.17, 15) is 9.59 Å². The summed E-state index contributed by atoms with van der Waals surface area (Å²) in [6, 6.07) is 12.2. The van der Waals surface area contributed by atoms with Crippen LogP contribution in [0.25, 0.3) is 0 Å². The number of amides is 2. The van der Waals surface area contributed by atoms with E-state index in [-0.39, 0.29) is 18.4 Å². The lowest BCUT2D eigenvalue weighted by Gasteiger charge is -2.15. The number of rotatable bonds is 7. The predicted octanol–water partition coefficient (Wildman–Crippen LogP) is 2.69. The molecule has 0 bridgehead atoms. The molecule has 0 aliphatic carbocycles. The summed E-state index contributed by atoms with van der Waals surface area (Å²) >= 11 is 3.40. The van der Waals surface area contributed by atoms with Gasteiger partial charge in [-0.15, -0.1) is 0 Å². The number of hydrogen-bond donors (Lipinski definition) is 1. The van der Waals surface area contributed by atoms with E-state index in [1.807, 2.05) is 6.07 Å². The van der Waals surface area contributed by atoms with Crippen molar-refractivity contribution in [2.75, 3.05) is 27.8 Å². The number of halogens is 1. The van der Waals surface area contributed by atoms with Gasteiger partial charge in [-0.05, 0) is 45.8 Å². The highest BCUT2D eigenvalue weighted by atomic mass is 79.9. The molecule has 0 saturated carbocycles. The van der Waals surface area contributed by atoms with Crippen molar-refractivity contribution in [2.45, 2.75) is 0 Å². The maximum absolute atomic E-state index is 12.0. The molecule has 2 aromatic carbocycles. The fraction of sp³-hybridized carbons (Fsp3) is 0.211. The minimum absolute atomic E-state index is 0.109. The fourth-order valence-electron chi connectivity index (χ4n) is 2.04. The van der Waals surface area contributed by atoms with Gasteiger partial charge in [0.15, 0.2) is 18.1 Å². The second-order valence-corrected chi connectivity index (χ2v) is 6.53. The summed E-state index contributed by atoms with van der Waals surface area (Å²) in [5.74, 6) is 0.378. The quantitative estimate of drug-likeness (QED) is 0.537. The van der Waals surface area contributed by atoms with Crippen molar-refractivity contribution in [1.82, 2.24) is 10.3 Å². The Bertz CT molecular complexity index is 838. The molecule has 0 aliphatic heterocycles. The first-order valence-electron chi connectivity index (χ1n) is 8.01. The summed E-state index contributed by atoms with van der Waals surface area (Å²) in [7, 11) is 4.81. The van der Waals surface area contributed by atoms with Crippen LogP contribution in [-0.2, 0) is 4.79 Å². The van der Waals surface area contributed by atoms with Gasteiger partial charge in [0.1, 0.15) is 0 Å². The molecule has 0 spiro atoms. The lowest BCUT2D eigenvalue weighted by Crippen LogP contribution is -2.27. The van der Waals surface area contributed by atoms with Crippen molar-refractivity contribution in [2.24, 2.45) is 5.10 Å². The first kappa shape index (κ1) is 20.4. The Kier molecular flexibility index (Phi) is 7.36. The Morgan fingerprint density at radius 3 is 2.56 bits per heavy atom. The summed E-state index contributed by atoms with van der Waals surface area (Å²) in [5, 5.41) is 3.96. The van der Waals surface area contributed by atoms with Crippen molar-refractivity contribution in [3.8, 4) is 11.5 Å². The number of likely N-dealkylation sites (N-methyl/N-ethyl adjacent to an activating group) is 1. The number of nitrogens with one attached hydrogen (secondary N) is 1. The van der Waals surface area contributed by atoms with E-state index in [1.165, 1.54) is 18.2 Å². The van der Waals surface area contributed by atoms with Crippen molar-refractivity contribution in [1.29, 1.82) is 0 Å². The van der Waals surface area contributed by atoms with Crippen LogP contribution in [-0.4, -0.2) is 50.7 Å². The van der Waals surface area contributed by atoms with Gasteiger partial charge in [-0.25, -0.2) is 5.43 Å². The van der Waals surface area contributed by atoms with Crippen LogP contribution in [0.5, 0.6) is 11.5 Å². The van der Waals surface area contributed by atoms with Gasteiger partial charge in [-0.1, -0.05) is 18.2 Å². The molecule has 0 radical (unpaired) electrons. The smallest absolute Gasteiger partial charge is 0.271 e. The van der Waals surface area contributed by atoms with E-state index >= 15 is 0 Å². The van der Waals surface area contributed by atoms with Gasteiger partial charge in [0, 0.05) is 19.7 Å². The zero-order chi connectivity index (χ0) is 19.8. The lowest BCUT2D eigenvalue weighted by molar-refractivity contribution is -0.130. The average Bonchev–Trinajstić information content (AvgIpc) is 2.66. The predicted molar refractivity (Wildman–Crippen MR) is 106 cm³/mol. The molecule has 2 aromatic rings. The van der Waals surface area contributed by atoms with E-state index in [1.54, 1.807) is 50.5 Å². The minimum atomic E-state index is -0.306. The Balaban J connectivity index is 2.08. The van der Waals surface area contributed by atoms with Gasteiger partial charge in [0.25, 0.3) is 11.8 Å². The molecule has 0 aliphatic rings.